The summed E-state index contributed by atoms with van der Waals surface area (Å²) < 4.78 is 29.8. The van der Waals surface area contributed by atoms with E-state index in [1.165, 1.54) is 0 Å². The molecule has 5 rings (SSSR count). The minimum absolute atomic E-state index is 0.0376. The number of aryl methyl sites for hydroxylation is 3. The van der Waals surface area contributed by atoms with Crippen LogP contribution in [0.4, 0.5) is 5.69 Å². The fraction of sp³-hybridized carbons (Fsp3) is 0.333. The highest BCUT2D eigenvalue weighted by atomic mass is 35.5. The van der Waals surface area contributed by atoms with E-state index in [0.29, 0.717) is 16.3 Å². The standard InChI is InChI=1S/C39H44ClN3O4S/c1-28-17-20-35(21-18-28)48(46,47)43(36-22-19-33(40)24-30(36)3)27-38(44)42(26-32-14-10-11-29(2)23-32)37(25-31-12-6-4-7-13-31)39(45)41-34-15-8-5-9-16-34/h4,6-7,10-14,17-24,34,37H,5,8-9,15-16,25-27H2,1-3H3,(H,41,45)/t37-/m1/s1. The molecule has 1 fully saturated rings. The maximum atomic E-state index is 14.8. The van der Waals surface area contributed by atoms with Crippen LogP contribution in [0.2, 0.25) is 5.02 Å². The molecule has 0 unspecified atom stereocenters. The average molecular weight is 686 g/mol. The minimum atomic E-state index is -4.20. The SMILES string of the molecule is Cc1ccc(S(=O)(=O)N(CC(=O)N(Cc2cccc(C)c2)[C@H](Cc2ccccc2)C(=O)NC2CCCCC2)c2ccc(Cl)cc2C)cc1. The summed E-state index contributed by atoms with van der Waals surface area (Å²) >= 11 is 6.28. The number of hydrogen-bond donors (Lipinski definition) is 1. The van der Waals surface area contributed by atoms with Gasteiger partial charge in [-0.2, -0.15) is 0 Å². The van der Waals surface area contributed by atoms with E-state index >= 15 is 0 Å². The highest BCUT2D eigenvalue weighted by Gasteiger charge is 2.36. The number of hydrogen-bond acceptors (Lipinski definition) is 4. The molecular weight excluding hydrogens is 642 g/mol. The van der Waals surface area contributed by atoms with E-state index in [9.17, 15) is 18.0 Å². The summed E-state index contributed by atoms with van der Waals surface area (Å²) in [5, 5.41) is 3.71. The molecule has 1 aliphatic rings. The number of amides is 2. The lowest BCUT2D eigenvalue weighted by atomic mass is 9.94. The van der Waals surface area contributed by atoms with Crippen molar-refractivity contribution in [1.82, 2.24) is 10.2 Å². The molecular formula is C39H44ClN3O4S. The van der Waals surface area contributed by atoms with Gasteiger partial charge in [-0.05, 0) is 80.6 Å². The Morgan fingerprint density at radius 3 is 2.17 bits per heavy atom. The van der Waals surface area contributed by atoms with Gasteiger partial charge in [0.15, 0.2) is 0 Å². The van der Waals surface area contributed by atoms with Crippen LogP contribution in [0.5, 0.6) is 0 Å². The molecule has 0 heterocycles. The Bertz CT molecular complexity index is 1820. The summed E-state index contributed by atoms with van der Waals surface area (Å²) in [5.41, 5.74) is 4.63. The van der Waals surface area contributed by atoms with Gasteiger partial charge in [-0.25, -0.2) is 8.42 Å². The van der Waals surface area contributed by atoms with Crippen molar-refractivity contribution >= 4 is 39.1 Å². The highest BCUT2D eigenvalue weighted by Crippen LogP contribution is 2.30. The molecule has 1 atom stereocenters. The summed E-state index contributed by atoms with van der Waals surface area (Å²) in [4.78, 5) is 30.7. The third-order valence-electron chi connectivity index (χ3n) is 8.97. The van der Waals surface area contributed by atoms with Crippen molar-refractivity contribution in [2.75, 3.05) is 10.8 Å². The topological polar surface area (TPSA) is 86.8 Å². The monoisotopic (exact) mass is 685 g/mol. The van der Waals surface area contributed by atoms with Gasteiger partial charge in [0.25, 0.3) is 10.0 Å². The summed E-state index contributed by atoms with van der Waals surface area (Å²) in [6.07, 6.45) is 5.32. The van der Waals surface area contributed by atoms with Crippen LogP contribution < -0.4 is 9.62 Å². The molecule has 48 heavy (non-hydrogen) atoms. The maximum Gasteiger partial charge on any atom is 0.264 e. The van der Waals surface area contributed by atoms with Crippen molar-refractivity contribution in [1.29, 1.82) is 0 Å². The van der Waals surface area contributed by atoms with Gasteiger partial charge in [-0.1, -0.05) is 109 Å². The third-order valence-corrected chi connectivity index (χ3v) is 11.0. The zero-order valence-electron chi connectivity index (χ0n) is 27.9. The first-order valence-electron chi connectivity index (χ1n) is 16.6. The lowest BCUT2D eigenvalue weighted by Crippen LogP contribution is -2.55. The molecule has 4 aromatic rings. The van der Waals surface area contributed by atoms with Crippen molar-refractivity contribution in [3.05, 3.63) is 130 Å². The molecule has 0 bridgehead atoms. The molecule has 7 nitrogen and oxygen atoms in total. The van der Waals surface area contributed by atoms with Crippen molar-refractivity contribution in [2.24, 2.45) is 0 Å². The van der Waals surface area contributed by atoms with Gasteiger partial charge in [0, 0.05) is 24.0 Å². The van der Waals surface area contributed by atoms with E-state index in [1.54, 1.807) is 54.3 Å². The maximum absolute atomic E-state index is 14.8. The summed E-state index contributed by atoms with van der Waals surface area (Å²) in [6.45, 7) is 5.26. The molecule has 0 spiro atoms. The van der Waals surface area contributed by atoms with Crippen LogP contribution in [0.15, 0.2) is 102 Å². The van der Waals surface area contributed by atoms with Crippen molar-refractivity contribution in [3.8, 4) is 0 Å². The third kappa shape index (κ3) is 8.85. The van der Waals surface area contributed by atoms with Crippen LogP contribution in [0, 0.1) is 20.8 Å². The van der Waals surface area contributed by atoms with E-state index in [-0.39, 0.29) is 29.8 Å². The predicted molar refractivity (Wildman–Crippen MR) is 193 cm³/mol. The molecule has 2 amide bonds. The first-order valence-corrected chi connectivity index (χ1v) is 18.4. The Kier molecular flexibility index (Phi) is 11.6. The lowest BCUT2D eigenvalue weighted by Gasteiger charge is -2.35. The van der Waals surface area contributed by atoms with E-state index in [1.807, 2.05) is 68.4 Å². The second-order valence-corrected chi connectivity index (χ2v) is 15.1. The second-order valence-electron chi connectivity index (χ2n) is 12.8. The summed E-state index contributed by atoms with van der Waals surface area (Å²) in [7, 11) is -4.20. The fourth-order valence-corrected chi connectivity index (χ4v) is 8.06. The molecule has 9 heteroatoms. The van der Waals surface area contributed by atoms with Gasteiger partial charge in [-0.15, -0.1) is 0 Å². The van der Waals surface area contributed by atoms with Gasteiger partial charge in [0.2, 0.25) is 11.8 Å². The number of benzene rings is 4. The molecule has 0 saturated heterocycles. The van der Waals surface area contributed by atoms with Crippen molar-refractivity contribution in [2.45, 2.75) is 82.8 Å². The quantitative estimate of drug-likeness (QED) is 0.167. The molecule has 4 aromatic carbocycles. The molecule has 1 N–H and O–H groups in total. The van der Waals surface area contributed by atoms with Crippen LogP contribution in [-0.4, -0.2) is 43.8 Å². The second kappa shape index (κ2) is 15.8. The zero-order chi connectivity index (χ0) is 34.3. The number of sulfonamides is 1. The van der Waals surface area contributed by atoms with Gasteiger partial charge < -0.3 is 10.2 Å². The molecule has 252 valence electrons. The van der Waals surface area contributed by atoms with Crippen LogP contribution in [0.1, 0.15) is 59.9 Å². The molecule has 0 aromatic heterocycles. The smallest absolute Gasteiger partial charge is 0.264 e. The number of rotatable bonds is 12. The van der Waals surface area contributed by atoms with Gasteiger partial charge >= 0.3 is 0 Å². The number of carbonyl (C=O) groups excluding carboxylic acids is 2. The Balaban J connectivity index is 1.58. The first-order chi connectivity index (χ1) is 23.0. The van der Waals surface area contributed by atoms with E-state index in [4.69, 9.17) is 11.6 Å². The normalized spacial score (nSPS) is 14.2. The molecule has 0 radical (unpaired) electrons. The number of halogens is 1. The van der Waals surface area contributed by atoms with Crippen LogP contribution in [0.25, 0.3) is 0 Å². The van der Waals surface area contributed by atoms with E-state index < -0.39 is 28.5 Å². The number of nitrogens with one attached hydrogen (secondary N) is 1. The van der Waals surface area contributed by atoms with Gasteiger partial charge in [0.1, 0.15) is 12.6 Å². The largest absolute Gasteiger partial charge is 0.352 e. The first kappa shape index (κ1) is 35.2. The summed E-state index contributed by atoms with van der Waals surface area (Å²) in [5.74, 6) is -0.719. The Hall–Kier alpha value is -4.14. The average Bonchev–Trinajstić information content (AvgIpc) is 3.06. The van der Waals surface area contributed by atoms with Crippen molar-refractivity contribution < 1.29 is 18.0 Å². The Morgan fingerprint density at radius 2 is 1.50 bits per heavy atom. The van der Waals surface area contributed by atoms with Crippen LogP contribution in [-0.2, 0) is 32.6 Å². The van der Waals surface area contributed by atoms with Crippen LogP contribution >= 0.6 is 11.6 Å². The molecule has 1 saturated carbocycles. The molecule has 0 aliphatic heterocycles. The van der Waals surface area contributed by atoms with E-state index in [2.05, 4.69) is 5.32 Å². The Morgan fingerprint density at radius 1 is 0.812 bits per heavy atom. The zero-order valence-corrected chi connectivity index (χ0v) is 29.4. The van der Waals surface area contributed by atoms with Gasteiger partial charge in [0.05, 0.1) is 10.6 Å². The predicted octanol–water partition coefficient (Wildman–Crippen LogP) is 7.55. The molecule has 1 aliphatic carbocycles. The number of nitrogens with zero attached hydrogens (tertiary/aromatic N) is 2. The summed E-state index contributed by atoms with van der Waals surface area (Å²) in [6, 6.07) is 28.1. The van der Waals surface area contributed by atoms with E-state index in [0.717, 1.165) is 58.7 Å². The van der Waals surface area contributed by atoms with Gasteiger partial charge in [-0.3, -0.25) is 13.9 Å². The lowest BCUT2D eigenvalue weighted by molar-refractivity contribution is -0.140. The van der Waals surface area contributed by atoms with Crippen LogP contribution in [0.3, 0.4) is 0 Å². The Labute approximate surface area is 290 Å². The minimum Gasteiger partial charge on any atom is -0.352 e. The number of anilines is 1. The highest BCUT2D eigenvalue weighted by molar-refractivity contribution is 7.92. The number of carbonyl (C=O) groups is 2. The van der Waals surface area contributed by atoms with Crippen molar-refractivity contribution in [3.63, 3.8) is 0 Å². The fourth-order valence-electron chi connectivity index (χ4n) is 6.35.